The number of hydrogen-bond acceptors (Lipinski definition) is 4. The van der Waals surface area contributed by atoms with Crippen molar-refractivity contribution in [3.8, 4) is 17.9 Å². The molecule has 2 rings (SSSR count). The van der Waals surface area contributed by atoms with Crippen molar-refractivity contribution in [3.05, 3.63) is 65.2 Å². The molecule has 0 amide bonds. The number of hydrogen-bond donors (Lipinski definition) is 1. The monoisotopic (exact) mass is 277 g/mol. The molecule has 0 saturated heterocycles. The molecule has 4 nitrogen and oxygen atoms in total. The van der Waals surface area contributed by atoms with E-state index >= 15 is 0 Å². The molecule has 21 heavy (non-hydrogen) atoms. The second kappa shape index (κ2) is 7.69. The lowest BCUT2D eigenvalue weighted by atomic mass is 10.1. The van der Waals surface area contributed by atoms with Gasteiger partial charge in [-0.05, 0) is 35.4 Å². The summed E-state index contributed by atoms with van der Waals surface area (Å²) in [7, 11) is 0. The van der Waals surface area contributed by atoms with Crippen molar-refractivity contribution in [2.75, 3.05) is 6.61 Å². The molecule has 0 spiro atoms. The zero-order valence-electron chi connectivity index (χ0n) is 11.5. The topological polar surface area (TPSA) is 68.8 Å². The van der Waals surface area contributed by atoms with Crippen LogP contribution in [0.5, 0.6) is 5.75 Å². The summed E-state index contributed by atoms with van der Waals surface area (Å²) in [6.45, 7) is 1.44. The Balaban J connectivity index is 1.88. The Kier molecular flexibility index (Phi) is 5.34. The molecule has 4 heteroatoms. The molecule has 0 aliphatic rings. The minimum absolute atomic E-state index is 0.0534. The molecule has 0 aliphatic carbocycles. The third-order valence-corrected chi connectivity index (χ3v) is 2.92. The van der Waals surface area contributed by atoms with E-state index in [1.807, 2.05) is 48.5 Å². The maximum atomic E-state index is 8.86. The van der Waals surface area contributed by atoms with Gasteiger partial charge in [-0.25, -0.2) is 0 Å². The van der Waals surface area contributed by atoms with Crippen molar-refractivity contribution in [2.24, 2.45) is 0 Å². The fourth-order valence-corrected chi connectivity index (χ4v) is 1.96. The number of rotatable bonds is 6. The van der Waals surface area contributed by atoms with Crippen LogP contribution in [0.25, 0.3) is 0 Å². The highest BCUT2D eigenvalue weighted by Gasteiger charge is 1.98. The normalized spacial score (nSPS) is 9.62. The Morgan fingerprint density at radius 3 is 2.38 bits per heavy atom. The van der Waals surface area contributed by atoms with Crippen LogP contribution in [0.1, 0.15) is 16.7 Å². The van der Waals surface area contributed by atoms with E-state index in [2.05, 4.69) is 11.4 Å². The number of ether oxygens (including phenoxy) is 1. The molecule has 2 aromatic rings. The predicted octanol–water partition coefficient (Wildman–Crippen LogP) is 2.75. The first-order valence-corrected chi connectivity index (χ1v) is 6.60. The Labute approximate surface area is 124 Å². The Hall–Kier alpha value is -2.82. The second-order valence-corrected chi connectivity index (χ2v) is 4.51. The maximum Gasteiger partial charge on any atom is 0.174 e. The lowest BCUT2D eigenvalue weighted by Gasteiger charge is -2.07. The molecular formula is C17H15N3O. The Morgan fingerprint density at radius 1 is 0.952 bits per heavy atom. The summed E-state index contributed by atoms with van der Waals surface area (Å²) in [6.07, 6.45) is 0. The summed E-state index contributed by atoms with van der Waals surface area (Å²) in [5, 5.41) is 20.7. The summed E-state index contributed by atoms with van der Waals surface area (Å²) in [5.41, 5.74) is 2.83. The fraction of sp³-hybridized carbons (Fsp3) is 0.176. The van der Waals surface area contributed by atoms with Crippen molar-refractivity contribution in [1.29, 1.82) is 10.5 Å². The van der Waals surface area contributed by atoms with Gasteiger partial charge < -0.3 is 10.1 Å². The van der Waals surface area contributed by atoms with E-state index in [-0.39, 0.29) is 6.61 Å². The van der Waals surface area contributed by atoms with Crippen LogP contribution in [0.15, 0.2) is 48.5 Å². The van der Waals surface area contributed by atoms with Crippen LogP contribution in [-0.2, 0) is 13.1 Å². The molecule has 0 radical (unpaired) electrons. The average molecular weight is 277 g/mol. The van der Waals surface area contributed by atoms with Crippen LogP contribution < -0.4 is 10.1 Å². The van der Waals surface area contributed by atoms with E-state index in [9.17, 15) is 0 Å². The van der Waals surface area contributed by atoms with Gasteiger partial charge in [0.05, 0.1) is 11.6 Å². The molecule has 2 aromatic carbocycles. The molecule has 0 unspecified atom stereocenters. The molecule has 0 heterocycles. The standard InChI is InChI=1S/C17H15N3O/c18-7-8-21-17-6-2-5-16(10-17)13-20-12-15-4-1-3-14(9-15)11-19/h1-6,9-10,20H,8,12-13H2. The average Bonchev–Trinajstić information content (AvgIpc) is 2.53. The number of nitrogens with zero attached hydrogens (tertiary/aromatic N) is 2. The van der Waals surface area contributed by atoms with Gasteiger partial charge >= 0.3 is 0 Å². The van der Waals surface area contributed by atoms with Gasteiger partial charge in [-0.1, -0.05) is 24.3 Å². The van der Waals surface area contributed by atoms with Crippen LogP contribution in [-0.4, -0.2) is 6.61 Å². The lowest BCUT2D eigenvalue weighted by Crippen LogP contribution is -2.12. The largest absolute Gasteiger partial charge is 0.479 e. The van der Waals surface area contributed by atoms with Crippen molar-refractivity contribution in [2.45, 2.75) is 13.1 Å². The van der Waals surface area contributed by atoms with Crippen molar-refractivity contribution in [1.82, 2.24) is 5.32 Å². The fourth-order valence-electron chi connectivity index (χ4n) is 1.96. The number of benzene rings is 2. The van der Waals surface area contributed by atoms with Crippen LogP contribution in [0.3, 0.4) is 0 Å². The van der Waals surface area contributed by atoms with E-state index in [0.29, 0.717) is 24.4 Å². The molecule has 0 aliphatic heterocycles. The first-order valence-electron chi connectivity index (χ1n) is 6.60. The SMILES string of the molecule is N#CCOc1cccc(CNCc2cccc(C#N)c2)c1. The zero-order valence-corrected chi connectivity index (χ0v) is 11.5. The van der Waals surface area contributed by atoms with Crippen molar-refractivity contribution >= 4 is 0 Å². The van der Waals surface area contributed by atoms with Gasteiger partial charge in [0.25, 0.3) is 0 Å². The zero-order chi connectivity index (χ0) is 14.9. The van der Waals surface area contributed by atoms with Gasteiger partial charge in [0.15, 0.2) is 6.61 Å². The number of nitriles is 2. The van der Waals surface area contributed by atoms with E-state index in [1.54, 1.807) is 6.07 Å². The molecule has 0 atom stereocenters. The van der Waals surface area contributed by atoms with Crippen molar-refractivity contribution < 1.29 is 4.74 Å². The van der Waals surface area contributed by atoms with Gasteiger partial charge in [0.1, 0.15) is 11.8 Å². The number of nitrogens with one attached hydrogen (secondary N) is 1. The molecule has 104 valence electrons. The summed E-state index contributed by atoms with van der Waals surface area (Å²) in [6, 6.07) is 19.3. The van der Waals surface area contributed by atoms with E-state index < -0.39 is 0 Å². The van der Waals surface area contributed by atoms with Gasteiger partial charge in [0, 0.05) is 13.1 Å². The van der Waals surface area contributed by atoms with Gasteiger partial charge in [-0.15, -0.1) is 0 Å². The summed E-state index contributed by atoms with van der Waals surface area (Å²) in [4.78, 5) is 0. The minimum atomic E-state index is 0.0534. The highest BCUT2D eigenvalue weighted by atomic mass is 16.5. The van der Waals surface area contributed by atoms with Crippen LogP contribution in [0.4, 0.5) is 0 Å². The molecule has 0 aromatic heterocycles. The second-order valence-electron chi connectivity index (χ2n) is 4.51. The summed E-state index contributed by atoms with van der Waals surface area (Å²) in [5.74, 6) is 0.697. The molecular weight excluding hydrogens is 262 g/mol. The highest BCUT2D eigenvalue weighted by Crippen LogP contribution is 2.13. The Morgan fingerprint density at radius 2 is 1.67 bits per heavy atom. The molecule has 0 fully saturated rings. The maximum absolute atomic E-state index is 8.86. The van der Waals surface area contributed by atoms with Crippen LogP contribution in [0.2, 0.25) is 0 Å². The molecule has 0 saturated carbocycles. The van der Waals surface area contributed by atoms with E-state index in [1.165, 1.54) is 0 Å². The quantitative estimate of drug-likeness (QED) is 0.881. The van der Waals surface area contributed by atoms with Crippen molar-refractivity contribution in [3.63, 3.8) is 0 Å². The molecule has 0 bridgehead atoms. The third-order valence-electron chi connectivity index (χ3n) is 2.92. The van der Waals surface area contributed by atoms with Gasteiger partial charge in [0.2, 0.25) is 0 Å². The van der Waals surface area contributed by atoms with Gasteiger partial charge in [-0.2, -0.15) is 10.5 Å². The molecule has 1 N–H and O–H groups in total. The van der Waals surface area contributed by atoms with Crippen LogP contribution >= 0.6 is 0 Å². The first-order chi connectivity index (χ1) is 10.3. The first kappa shape index (κ1) is 14.6. The van der Waals surface area contributed by atoms with E-state index in [4.69, 9.17) is 15.3 Å². The predicted molar refractivity (Wildman–Crippen MR) is 79.3 cm³/mol. The summed E-state index contributed by atoms with van der Waals surface area (Å²) >= 11 is 0. The Bertz CT molecular complexity index is 683. The highest BCUT2D eigenvalue weighted by molar-refractivity contribution is 5.33. The third kappa shape index (κ3) is 4.65. The lowest BCUT2D eigenvalue weighted by molar-refractivity contribution is 0.367. The van der Waals surface area contributed by atoms with E-state index in [0.717, 1.165) is 11.1 Å². The minimum Gasteiger partial charge on any atom is -0.479 e. The van der Waals surface area contributed by atoms with Crippen LogP contribution in [0, 0.1) is 22.7 Å². The van der Waals surface area contributed by atoms with Gasteiger partial charge in [-0.3, -0.25) is 0 Å². The summed E-state index contributed by atoms with van der Waals surface area (Å²) < 4.78 is 5.27. The smallest absolute Gasteiger partial charge is 0.174 e.